The third kappa shape index (κ3) is 7.11. The van der Waals surface area contributed by atoms with E-state index in [2.05, 4.69) is 86.0 Å². The van der Waals surface area contributed by atoms with Crippen molar-refractivity contribution < 1.29 is 4.79 Å². The summed E-state index contributed by atoms with van der Waals surface area (Å²) in [5.74, 6) is 0.167. The lowest BCUT2D eigenvalue weighted by atomic mass is 9.84. The van der Waals surface area contributed by atoms with Gasteiger partial charge in [0.25, 0.3) is 0 Å². The normalized spacial score (nSPS) is 26.9. The lowest BCUT2D eigenvalue weighted by molar-refractivity contribution is -0.134. The van der Waals surface area contributed by atoms with E-state index in [0.29, 0.717) is 26.2 Å². The van der Waals surface area contributed by atoms with Crippen LogP contribution < -0.4 is 10.6 Å². The van der Waals surface area contributed by atoms with Crippen LogP contribution in [0.4, 0.5) is 0 Å². The molecule has 0 aromatic heterocycles. The molecule has 4 aliphatic rings. The Morgan fingerprint density at radius 2 is 1.05 bits per heavy atom. The number of carbonyl (C=O) groups is 1. The first-order valence-corrected chi connectivity index (χ1v) is 13.9. The zero-order valence-electron chi connectivity index (χ0n) is 22.7. The van der Waals surface area contributed by atoms with Crippen LogP contribution in [0.2, 0.25) is 0 Å². The molecule has 0 bridgehead atoms. The first-order valence-electron chi connectivity index (χ1n) is 13.9. The molecule has 2 fully saturated rings. The van der Waals surface area contributed by atoms with Crippen molar-refractivity contribution >= 4 is 18.2 Å². The highest BCUT2D eigenvalue weighted by molar-refractivity contribution is 5.91. The average Bonchev–Trinajstić information content (AvgIpc) is 3.69. The smallest absolute Gasteiger partial charge is 0.197 e. The average molecular weight is 579 g/mol. The van der Waals surface area contributed by atoms with Crippen LogP contribution in [-0.4, -0.2) is 91.4 Å². The summed E-state index contributed by atoms with van der Waals surface area (Å²) >= 11 is 0. The standard InChI is InChI=1S/C27H34N12O.ClH/c40-27(25-21(15-19-7-3-1-4-8-19)28-11-13-38(25)17-23-30-34-35-31-23)26-22(16-20-9-5-2-6-10-20)29-12-14-39(26)18-24-32-36-37-33-24;/h1-10,21-26,28-29H,11-18H2;1H/t21-,22-,25?,26?;/m0./s1. The van der Waals surface area contributed by atoms with Gasteiger partial charge in [-0.15, -0.1) is 32.9 Å². The fraction of sp³-hybridized carbons (Fsp3) is 0.519. The fourth-order valence-electron chi connectivity index (χ4n) is 6.18. The molecule has 0 radical (unpaired) electrons. The van der Waals surface area contributed by atoms with E-state index >= 15 is 0 Å². The van der Waals surface area contributed by atoms with Gasteiger partial charge < -0.3 is 10.6 Å². The maximum atomic E-state index is 14.9. The number of benzene rings is 2. The lowest BCUT2D eigenvalue weighted by Gasteiger charge is -2.47. The highest BCUT2D eigenvalue weighted by Gasteiger charge is 2.46. The number of hydrogen-bond acceptors (Lipinski definition) is 13. The van der Waals surface area contributed by atoms with Crippen LogP contribution in [0.15, 0.2) is 102 Å². The van der Waals surface area contributed by atoms with Crippen molar-refractivity contribution in [3.8, 4) is 0 Å². The van der Waals surface area contributed by atoms with Crippen LogP contribution in [0.5, 0.6) is 0 Å². The molecule has 2 aromatic carbocycles. The van der Waals surface area contributed by atoms with Gasteiger partial charge in [-0.25, -0.2) is 0 Å². The molecular weight excluding hydrogens is 544 g/mol. The highest BCUT2D eigenvalue weighted by atomic mass is 35.5. The molecule has 0 amide bonds. The maximum absolute atomic E-state index is 14.9. The predicted molar refractivity (Wildman–Crippen MR) is 154 cm³/mol. The Labute approximate surface area is 245 Å². The number of Topliss-reactive ketones (excluding diaryl/α,β-unsaturated/α-hetero) is 1. The number of carbonyl (C=O) groups excluding carboxylic acids is 1. The molecule has 2 saturated heterocycles. The van der Waals surface area contributed by atoms with Crippen LogP contribution in [-0.2, 0) is 17.6 Å². The van der Waals surface area contributed by atoms with Crippen molar-refractivity contribution in [3.63, 3.8) is 0 Å². The largest absolute Gasteiger partial charge is 0.310 e. The first-order chi connectivity index (χ1) is 19.7. The van der Waals surface area contributed by atoms with Gasteiger partial charge in [0.2, 0.25) is 0 Å². The van der Waals surface area contributed by atoms with Gasteiger partial charge in [-0.2, -0.15) is 0 Å². The third-order valence-electron chi connectivity index (χ3n) is 7.96. The number of nitrogens with one attached hydrogen (secondary N) is 2. The quantitative estimate of drug-likeness (QED) is 0.445. The van der Waals surface area contributed by atoms with Crippen LogP contribution in [0.25, 0.3) is 0 Å². The Bertz CT molecular complexity index is 1140. The van der Waals surface area contributed by atoms with E-state index < -0.39 is 24.4 Å². The number of piperazine rings is 2. The van der Waals surface area contributed by atoms with E-state index in [1.807, 2.05) is 36.4 Å². The van der Waals surface area contributed by atoms with Crippen molar-refractivity contribution in [1.29, 1.82) is 0 Å². The molecule has 4 heterocycles. The molecule has 0 spiro atoms. The van der Waals surface area contributed by atoms with Crippen molar-refractivity contribution in [3.05, 3.63) is 71.8 Å². The number of hydrogen-bond donors (Lipinski definition) is 2. The molecule has 216 valence electrons. The summed E-state index contributed by atoms with van der Waals surface area (Å²) < 4.78 is 0. The summed E-state index contributed by atoms with van der Waals surface area (Å²) in [5.41, 5.74) is 2.37. The molecule has 2 aromatic rings. The zero-order valence-corrected chi connectivity index (χ0v) is 23.5. The molecule has 41 heavy (non-hydrogen) atoms. The van der Waals surface area contributed by atoms with Gasteiger partial charge >= 0.3 is 0 Å². The Morgan fingerprint density at radius 3 is 1.44 bits per heavy atom. The summed E-state index contributed by atoms with van der Waals surface area (Å²) in [4.78, 5) is 19.4. The van der Waals surface area contributed by atoms with Gasteiger partial charge in [-0.3, -0.25) is 14.6 Å². The molecule has 6 rings (SSSR count). The molecule has 0 saturated carbocycles. The second-order valence-electron chi connectivity index (χ2n) is 10.6. The van der Waals surface area contributed by atoms with E-state index in [0.717, 1.165) is 25.9 Å². The van der Waals surface area contributed by atoms with Crippen LogP contribution in [0, 0.1) is 0 Å². The minimum absolute atomic E-state index is 0. The molecule has 4 atom stereocenters. The van der Waals surface area contributed by atoms with Crippen LogP contribution in [0.3, 0.4) is 0 Å². The van der Waals surface area contributed by atoms with Crippen molar-refractivity contribution in [2.24, 2.45) is 41.4 Å². The molecule has 4 aliphatic heterocycles. The summed E-state index contributed by atoms with van der Waals surface area (Å²) in [7, 11) is 0. The number of rotatable bonds is 10. The van der Waals surface area contributed by atoms with Gasteiger partial charge in [0.15, 0.2) is 18.1 Å². The van der Waals surface area contributed by atoms with Crippen molar-refractivity contribution in [2.45, 2.75) is 49.3 Å². The van der Waals surface area contributed by atoms with Gasteiger partial charge in [0.05, 0.1) is 12.1 Å². The Kier molecular flexibility index (Phi) is 9.96. The van der Waals surface area contributed by atoms with E-state index in [9.17, 15) is 4.79 Å². The summed E-state index contributed by atoms with van der Waals surface area (Å²) in [6.45, 7) is 3.93. The predicted octanol–water partition coefficient (Wildman–Crippen LogP) is 3.07. The Morgan fingerprint density at radius 1 is 0.659 bits per heavy atom. The zero-order chi connectivity index (χ0) is 27.1. The second kappa shape index (κ2) is 14.0. The van der Waals surface area contributed by atoms with Gasteiger partial charge in [-0.1, -0.05) is 60.7 Å². The van der Waals surface area contributed by atoms with Gasteiger partial charge in [-0.05, 0) is 44.9 Å². The van der Waals surface area contributed by atoms with Gasteiger partial charge in [0.1, 0.15) is 0 Å². The number of nitrogens with zero attached hydrogens (tertiary/aromatic N) is 10. The molecule has 0 aliphatic carbocycles. The number of ketones is 1. The second-order valence-corrected chi connectivity index (χ2v) is 10.6. The number of halogens is 1. The highest BCUT2D eigenvalue weighted by Crippen LogP contribution is 2.25. The van der Waals surface area contributed by atoms with Crippen LogP contribution in [0.1, 0.15) is 11.1 Å². The molecule has 2 N–H and O–H groups in total. The minimum atomic E-state index is -0.397. The molecule has 14 heteroatoms. The van der Waals surface area contributed by atoms with Gasteiger partial charge in [0, 0.05) is 51.4 Å². The fourth-order valence-corrected chi connectivity index (χ4v) is 6.18. The van der Waals surface area contributed by atoms with E-state index in [4.69, 9.17) is 0 Å². The molecule has 13 nitrogen and oxygen atoms in total. The minimum Gasteiger partial charge on any atom is -0.310 e. The Hall–Kier alpha value is -3.36. The van der Waals surface area contributed by atoms with E-state index in [1.165, 1.54) is 11.1 Å². The summed E-state index contributed by atoms with van der Waals surface area (Å²) in [6, 6.07) is 19.7. The summed E-state index contributed by atoms with van der Waals surface area (Å²) in [6.07, 6.45) is 0.669. The lowest BCUT2D eigenvalue weighted by Crippen LogP contribution is -2.70. The topological polar surface area (TPSA) is 146 Å². The third-order valence-corrected chi connectivity index (χ3v) is 7.96. The van der Waals surface area contributed by atoms with Crippen molar-refractivity contribution in [1.82, 2.24) is 20.4 Å². The Balaban J connectivity index is 0.00000337. The SMILES string of the molecule is Cl.O=C(C1[C@H](Cc2ccccc2)NCCN1CC1N=NN=N1)C1[C@H](Cc2ccccc2)NCCN1CC1N=NN=N1. The van der Waals surface area contributed by atoms with Crippen molar-refractivity contribution in [2.75, 3.05) is 39.3 Å². The summed E-state index contributed by atoms with van der Waals surface area (Å²) in [5, 5.41) is 38.8. The maximum Gasteiger partial charge on any atom is 0.197 e. The first kappa shape index (κ1) is 29.1. The van der Waals surface area contributed by atoms with Crippen LogP contribution >= 0.6 is 12.4 Å². The monoisotopic (exact) mass is 578 g/mol. The van der Waals surface area contributed by atoms with E-state index in [1.54, 1.807) is 0 Å². The molecule has 2 unspecified atom stereocenters. The van der Waals surface area contributed by atoms with E-state index in [-0.39, 0.29) is 30.3 Å². The molecular formula is C27H35ClN12O.